The highest BCUT2D eigenvalue weighted by molar-refractivity contribution is 8.01. The number of nitrogens with zero attached hydrogens (tertiary/aromatic N) is 1. The van der Waals surface area contributed by atoms with Crippen molar-refractivity contribution in [3.8, 4) is 22.8 Å². The maximum absolute atomic E-state index is 12.2. The molecule has 0 spiro atoms. The average Bonchev–Trinajstić information content (AvgIpc) is 3.07. The molecule has 0 saturated carbocycles. The van der Waals surface area contributed by atoms with E-state index in [9.17, 15) is 18.0 Å². The monoisotopic (exact) mass is 455 g/mol. The molecular formula is C19H16F3N3O3S2. The van der Waals surface area contributed by atoms with Gasteiger partial charge in [-0.05, 0) is 48.5 Å². The van der Waals surface area contributed by atoms with E-state index in [4.69, 9.17) is 10.5 Å². The Balaban J connectivity index is 1.56. The van der Waals surface area contributed by atoms with Gasteiger partial charge in [-0.1, -0.05) is 23.1 Å². The fraction of sp³-hybridized carbons (Fsp3) is 0.158. The molecular weight excluding hydrogens is 439 g/mol. The fourth-order valence-electron chi connectivity index (χ4n) is 2.39. The largest absolute Gasteiger partial charge is 0.573 e. The quantitative estimate of drug-likeness (QED) is 0.486. The lowest BCUT2D eigenvalue weighted by molar-refractivity contribution is -0.274. The van der Waals surface area contributed by atoms with Gasteiger partial charge in [-0.2, -0.15) is 0 Å². The van der Waals surface area contributed by atoms with E-state index in [-0.39, 0.29) is 17.4 Å². The maximum atomic E-state index is 12.2. The summed E-state index contributed by atoms with van der Waals surface area (Å²) in [5.41, 5.74) is 7.87. The average molecular weight is 455 g/mol. The van der Waals surface area contributed by atoms with Gasteiger partial charge in [0.25, 0.3) is 0 Å². The molecule has 30 heavy (non-hydrogen) atoms. The number of thiazole rings is 1. The van der Waals surface area contributed by atoms with Gasteiger partial charge in [0.1, 0.15) is 22.2 Å². The highest BCUT2D eigenvalue weighted by Crippen LogP contribution is 2.36. The molecule has 158 valence electrons. The molecule has 0 radical (unpaired) electrons. The van der Waals surface area contributed by atoms with Crippen LogP contribution in [0.2, 0.25) is 0 Å². The lowest BCUT2D eigenvalue weighted by atomic mass is 10.1. The van der Waals surface area contributed by atoms with E-state index in [2.05, 4.69) is 15.0 Å². The van der Waals surface area contributed by atoms with Crippen molar-refractivity contribution in [2.24, 2.45) is 0 Å². The minimum absolute atomic E-state index is 0.0653. The van der Waals surface area contributed by atoms with Gasteiger partial charge in [0.05, 0.1) is 12.9 Å². The van der Waals surface area contributed by atoms with Crippen LogP contribution in [0.3, 0.4) is 0 Å². The van der Waals surface area contributed by atoms with E-state index in [1.54, 1.807) is 19.2 Å². The van der Waals surface area contributed by atoms with Crippen LogP contribution in [0.25, 0.3) is 11.3 Å². The fourth-order valence-corrected chi connectivity index (χ4v) is 4.14. The summed E-state index contributed by atoms with van der Waals surface area (Å²) in [5.74, 6) is 0.0933. The smallest absolute Gasteiger partial charge is 0.497 e. The molecule has 0 fully saturated rings. The second-order valence-electron chi connectivity index (χ2n) is 5.83. The number of nitrogens with one attached hydrogen (secondary N) is 1. The molecule has 1 heterocycles. The van der Waals surface area contributed by atoms with Gasteiger partial charge >= 0.3 is 6.36 Å². The summed E-state index contributed by atoms with van der Waals surface area (Å²) in [5, 5.41) is 3.13. The zero-order chi connectivity index (χ0) is 21.7. The summed E-state index contributed by atoms with van der Waals surface area (Å²) in [4.78, 5) is 16.6. The summed E-state index contributed by atoms with van der Waals surface area (Å²) < 4.78 is 46.1. The second kappa shape index (κ2) is 9.26. The number of halogens is 3. The third-order valence-electron chi connectivity index (χ3n) is 3.70. The van der Waals surface area contributed by atoms with Crippen LogP contribution in [0.1, 0.15) is 0 Å². The van der Waals surface area contributed by atoms with E-state index < -0.39 is 6.36 Å². The van der Waals surface area contributed by atoms with E-state index in [1.165, 1.54) is 35.2 Å². The molecule has 0 bridgehead atoms. The van der Waals surface area contributed by atoms with Gasteiger partial charge in [0.15, 0.2) is 4.34 Å². The second-order valence-corrected chi connectivity index (χ2v) is 8.08. The van der Waals surface area contributed by atoms with Crippen molar-refractivity contribution < 1.29 is 27.4 Å². The topological polar surface area (TPSA) is 86.5 Å². The van der Waals surface area contributed by atoms with Crippen LogP contribution in [0.15, 0.2) is 52.9 Å². The number of aromatic nitrogens is 1. The summed E-state index contributed by atoms with van der Waals surface area (Å²) in [6.45, 7) is 0. The Morgan fingerprint density at radius 2 is 1.77 bits per heavy atom. The van der Waals surface area contributed by atoms with Crippen molar-refractivity contribution in [1.29, 1.82) is 0 Å². The molecule has 2 aromatic carbocycles. The first-order valence-corrected chi connectivity index (χ1v) is 10.2. The number of carbonyl (C=O) groups is 1. The van der Waals surface area contributed by atoms with Gasteiger partial charge in [-0.15, -0.1) is 13.2 Å². The highest BCUT2D eigenvalue weighted by atomic mass is 32.2. The van der Waals surface area contributed by atoms with E-state index >= 15 is 0 Å². The predicted octanol–water partition coefficient (Wildman–Crippen LogP) is 5.03. The number of nitrogens with two attached hydrogens (primary N) is 1. The number of methoxy groups -OCH3 is 1. The Morgan fingerprint density at radius 1 is 1.13 bits per heavy atom. The molecule has 3 rings (SSSR count). The molecule has 0 atom stereocenters. The first-order valence-electron chi connectivity index (χ1n) is 8.42. The van der Waals surface area contributed by atoms with Gasteiger partial charge < -0.3 is 20.5 Å². The van der Waals surface area contributed by atoms with Gasteiger partial charge in [-0.3, -0.25) is 4.79 Å². The van der Waals surface area contributed by atoms with E-state index in [0.29, 0.717) is 20.7 Å². The minimum Gasteiger partial charge on any atom is -0.497 e. The molecule has 1 amide bonds. The van der Waals surface area contributed by atoms with Crippen molar-refractivity contribution >= 4 is 39.7 Å². The molecule has 6 nitrogen and oxygen atoms in total. The zero-order valence-electron chi connectivity index (χ0n) is 15.5. The number of amides is 1. The third kappa shape index (κ3) is 6.04. The number of thioether (sulfide) groups is 1. The first kappa shape index (κ1) is 21.8. The number of ether oxygens (including phenoxy) is 2. The van der Waals surface area contributed by atoms with Crippen LogP contribution in [-0.4, -0.2) is 30.1 Å². The Bertz CT molecular complexity index is 1010. The molecule has 0 unspecified atom stereocenters. The third-order valence-corrected chi connectivity index (χ3v) is 5.72. The number of nitrogen functional groups attached to an aromatic ring is 1. The summed E-state index contributed by atoms with van der Waals surface area (Å²) >= 11 is 2.48. The van der Waals surface area contributed by atoms with Crippen molar-refractivity contribution in [2.45, 2.75) is 10.7 Å². The van der Waals surface area contributed by atoms with Crippen LogP contribution in [-0.2, 0) is 4.79 Å². The Morgan fingerprint density at radius 3 is 2.37 bits per heavy atom. The standard InChI is InChI=1S/C19H16F3N3O3S2/c1-27-13-6-2-11(3-7-13)16-17(23)30-18(25-16)29-10-15(26)24-12-4-8-14(9-5-12)28-19(20,21)22/h2-9H,10,23H2,1H3,(H,24,26). The number of benzene rings is 2. The van der Waals surface area contributed by atoms with Gasteiger partial charge in [0.2, 0.25) is 5.91 Å². The van der Waals surface area contributed by atoms with E-state index in [1.807, 2.05) is 12.1 Å². The van der Waals surface area contributed by atoms with Crippen LogP contribution in [0.5, 0.6) is 11.5 Å². The Hall–Kier alpha value is -2.92. The molecule has 0 aliphatic heterocycles. The lowest BCUT2D eigenvalue weighted by Crippen LogP contribution is -2.17. The predicted molar refractivity (Wildman–Crippen MR) is 111 cm³/mol. The van der Waals surface area contributed by atoms with Crippen LogP contribution < -0.4 is 20.5 Å². The van der Waals surface area contributed by atoms with Gasteiger partial charge in [0, 0.05) is 11.3 Å². The molecule has 0 aliphatic carbocycles. The summed E-state index contributed by atoms with van der Waals surface area (Å²) in [6.07, 6.45) is -4.76. The molecule has 0 saturated heterocycles. The lowest BCUT2D eigenvalue weighted by Gasteiger charge is -2.09. The molecule has 11 heteroatoms. The normalized spacial score (nSPS) is 11.2. The molecule has 1 aromatic heterocycles. The number of alkyl halides is 3. The number of hydrogen-bond acceptors (Lipinski definition) is 7. The number of rotatable bonds is 7. The van der Waals surface area contributed by atoms with Crippen molar-refractivity contribution in [2.75, 3.05) is 23.9 Å². The van der Waals surface area contributed by atoms with Gasteiger partial charge in [-0.25, -0.2) is 4.98 Å². The van der Waals surface area contributed by atoms with Crippen molar-refractivity contribution in [3.05, 3.63) is 48.5 Å². The SMILES string of the molecule is COc1ccc(-c2nc(SCC(=O)Nc3ccc(OC(F)(F)F)cc3)sc2N)cc1. The van der Waals surface area contributed by atoms with E-state index in [0.717, 1.165) is 23.4 Å². The summed E-state index contributed by atoms with van der Waals surface area (Å²) in [7, 11) is 1.58. The van der Waals surface area contributed by atoms with Crippen LogP contribution in [0.4, 0.5) is 23.9 Å². The van der Waals surface area contributed by atoms with Crippen molar-refractivity contribution in [3.63, 3.8) is 0 Å². The zero-order valence-corrected chi connectivity index (χ0v) is 17.2. The number of anilines is 2. The minimum atomic E-state index is -4.76. The van der Waals surface area contributed by atoms with Crippen LogP contribution >= 0.6 is 23.1 Å². The summed E-state index contributed by atoms with van der Waals surface area (Å²) in [6, 6.07) is 12.2. The van der Waals surface area contributed by atoms with Crippen molar-refractivity contribution in [1.82, 2.24) is 4.98 Å². The Kier molecular flexibility index (Phi) is 6.73. The molecule has 0 aliphatic rings. The van der Waals surface area contributed by atoms with Crippen LogP contribution in [0, 0.1) is 0 Å². The highest BCUT2D eigenvalue weighted by Gasteiger charge is 2.30. The first-order chi connectivity index (χ1) is 14.2. The molecule has 3 aromatic rings. The number of hydrogen-bond donors (Lipinski definition) is 2. The maximum Gasteiger partial charge on any atom is 0.573 e. The molecule has 3 N–H and O–H groups in total. The number of carbonyl (C=O) groups excluding carboxylic acids is 1. The Labute approximate surface area is 178 Å².